The van der Waals surface area contributed by atoms with Crippen molar-refractivity contribution >= 4 is 0 Å². The van der Waals surface area contributed by atoms with Crippen molar-refractivity contribution in [3.63, 3.8) is 0 Å². The lowest BCUT2D eigenvalue weighted by atomic mass is 10.1. The van der Waals surface area contributed by atoms with Crippen molar-refractivity contribution < 1.29 is 0 Å². The second-order valence-corrected chi connectivity index (χ2v) is 5.04. The Morgan fingerprint density at radius 1 is 1.00 bits per heavy atom. The molecule has 0 aliphatic rings. The molecule has 0 spiro atoms. The molecule has 0 radical (unpaired) electrons. The number of nitrogens with one attached hydrogen (secondary N) is 2. The molecule has 2 aromatic heterocycles. The Kier molecular flexibility index (Phi) is 4.07. The van der Waals surface area contributed by atoms with Gasteiger partial charge in [-0.3, -0.25) is 10.1 Å². The molecule has 0 fully saturated rings. The van der Waals surface area contributed by atoms with Gasteiger partial charge in [-0.1, -0.05) is 30.3 Å². The van der Waals surface area contributed by atoms with Crippen molar-refractivity contribution in [2.24, 2.45) is 0 Å². The quantitative estimate of drug-likeness (QED) is 0.754. The lowest BCUT2D eigenvalue weighted by Crippen LogP contribution is -2.13. The number of aryl methyl sites for hydroxylation is 1. The molecular weight excluding hydrogens is 260 g/mol. The molecule has 0 aliphatic carbocycles. The topological polar surface area (TPSA) is 53.6 Å². The molecule has 0 saturated heterocycles. The summed E-state index contributed by atoms with van der Waals surface area (Å²) in [5.74, 6) is 0. The molecule has 4 heteroatoms. The third-order valence-electron chi connectivity index (χ3n) is 3.55. The molecule has 0 saturated carbocycles. The van der Waals surface area contributed by atoms with Gasteiger partial charge in [-0.05, 0) is 29.7 Å². The maximum Gasteiger partial charge on any atom is 0.0695 e. The number of H-pyrrole nitrogens is 1. The molecule has 0 unspecified atom stereocenters. The summed E-state index contributed by atoms with van der Waals surface area (Å²) in [5, 5.41) is 10.7. The fraction of sp³-hybridized carbons (Fsp3) is 0.176. The Bertz CT molecular complexity index is 704. The van der Waals surface area contributed by atoms with E-state index in [1.54, 1.807) is 0 Å². The Morgan fingerprint density at radius 2 is 1.81 bits per heavy atom. The predicted molar refractivity (Wildman–Crippen MR) is 83.5 cm³/mol. The number of hydrogen-bond acceptors (Lipinski definition) is 3. The first-order valence-electron chi connectivity index (χ1n) is 7.02. The molecule has 0 aliphatic heterocycles. The molecule has 4 nitrogen and oxygen atoms in total. The molecular formula is C17H18N4. The molecule has 0 bridgehead atoms. The highest BCUT2D eigenvalue weighted by Crippen LogP contribution is 2.20. The Labute approximate surface area is 124 Å². The predicted octanol–water partition coefficient (Wildman–Crippen LogP) is 3.07. The summed E-state index contributed by atoms with van der Waals surface area (Å²) in [6, 6.07) is 12.3. The summed E-state index contributed by atoms with van der Waals surface area (Å²) in [4.78, 5) is 4.11. The second-order valence-electron chi connectivity index (χ2n) is 5.04. The van der Waals surface area contributed by atoms with Gasteiger partial charge in [-0.2, -0.15) is 5.10 Å². The van der Waals surface area contributed by atoms with Gasteiger partial charge in [0.1, 0.15) is 0 Å². The van der Waals surface area contributed by atoms with Crippen molar-refractivity contribution in [3.05, 3.63) is 71.7 Å². The number of aromatic nitrogens is 3. The van der Waals surface area contributed by atoms with Gasteiger partial charge in [-0.25, -0.2) is 0 Å². The molecule has 21 heavy (non-hydrogen) atoms. The summed E-state index contributed by atoms with van der Waals surface area (Å²) in [5.41, 5.74) is 5.89. The summed E-state index contributed by atoms with van der Waals surface area (Å²) < 4.78 is 0. The maximum atomic E-state index is 4.17. The van der Waals surface area contributed by atoms with Gasteiger partial charge in [0.15, 0.2) is 0 Å². The van der Waals surface area contributed by atoms with E-state index in [2.05, 4.69) is 45.6 Å². The number of nitrogens with zero attached hydrogens (tertiary/aromatic N) is 2. The maximum absolute atomic E-state index is 4.17. The van der Waals surface area contributed by atoms with Crippen molar-refractivity contribution in [2.75, 3.05) is 0 Å². The highest BCUT2D eigenvalue weighted by molar-refractivity contribution is 5.62. The minimum atomic E-state index is 0.780. The van der Waals surface area contributed by atoms with Crippen LogP contribution in [0.2, 0.25) is 0 Å². The van der Waals surface area contributed by atoms with Crippen molar-refractivity contribution in [1.29, 1.82) is 0 Å². The minimum Gasteiger partial charge on any atom is -0.308 e. The van der Waals surface area contributed by atoms with Crippen LogP contribution in [0, 0.1) is 6.92 Å². The van der Waals surface area contributed by atoms with Gasteiger partial charge < -0.3 is 5.32 Å². The number of hydrogen-bond donors (Lipinski definition) is 2. The number of pyridine rings is 1. The van der Waals surface area contributed by atoms with Crippen LogP contribution in [0.5, 0.6) is 0 Å². The van der Waals surface area contributed by atoms with Gasteiger partial charge in [0.05, 0.1) is 11.9 Å². The zero-order valence-electron chi connectivity index (χ0n) is 12.0. The molecule has 2 N–H and O–H groups in total. The van der Waals surface area contributed by atoms with Crippen molar-refractivity contribution in [2.45, 2.75) is 20.0 Å². The monoisotopic (exact) mass is 278 g/mol. The molecule has 106 valence electrons. The van der Waals surface area contributed by atoms with E-state index >= 15 is 0 Å². The van der Waals surface area contributed by atoms with E-state index in [1.807, 2.05) is 36.8 Å². The van der Waals surface area contributed by atoms with E-state index in [4.69, 9.17) is 0 Å². The largest absolute Gasteiger partial charge is 0.308 e. The van der Waals surface area contributed by atoms with Crippen LogP contribution in [-0.4, -0.2) is 15.2 Å². The van der Waals surface area contributed by atoms with Crippen LogP contribution in [0.1, 0.15) is 16.7 Å². The van der Waals surface area contributed by atoms with Crippen LogP contribution < -0.4 is 5.32 Å². The first kappa shape index (κ1) is 13.5. The fourth-order valence-corrected chi connectivity index (χ4v) is 2.33. The van der Waals surface area contributed by atoms with Crippen LogP contribution in [0.15, 0.2) is 55.0 Å². The van der Waals surface area contributed by atoms with Gasteiger partial charge in [0, 0.05) is 31.0 Å². The van der Waals surface area contributed by atoms with E-state index in [-0.39, 0.29) is 0 Å². The van der Waals surface area contributed by atoms with Gasteiger partial charge in [0.25, 0.3) is 0 Å². The lowest BCUT2D eigenvalue weighted by Gasteiger charge is -2.08. The van der Waals surface area contributed by atoms with Crippen molar-refractivity contribution in [3.8, 4) is 11.3 Å². The average Bonchev–Trinajstić information content (AvgIpc) is 2.99. The molecule has 0 atom stereocenters. The highest BCUT2D eigenvalue weighted by atomic mass is 15.1. The summed E-state index contributed by atoms with van der Waals surface area (Å²) in [6.07, 6.45) is 5.61. The van der Waals surface area contributed by atoms with Crippen molar-refractivity contribution in [1.82, 2.24) is 20.5 Å². The van der Waals surface area contributed by atoms with Crippen LogP contribution >= 0.6 is 0 Å². The van der Waals surface area contributed by atoms with E-state index in [0.29, 0.717) is 0 Å². The number of rotatable bonds is 5. The SMILES string of the molecule is Cc1cnccc1CNCc1cn[nH]c1-c1ccccc1. The molecule has 3 rings (SSSR count). The van der Waals surface area contributed by atoms with E-state index in [9.17, 15) is 0 Å². The zero-order valence-corrected chi connectivity index (χ0v) is 12.0. The van der Waals surface area contributed by atoms with Gasteiger partial charge >= 0.3 is 0 Å². The standard InChI is InChI=1S/C17H18N4/c1-13-9-18-8-7-15(13)10-19-11-16-12-20-21-17(16)14-5-3-2-4-6-14/h2-9,12,19H,10-11H2,1H3,(H,20,21). The van der Waals surface area contributed by atoms with Gasteiger partial charge in [0.2, 0.25) is 0 Å². The van der Waals surface area contributed by atoms with E-state index in [0.717, 1.165) is 24.3 Å². The lowest BCUT2D eigenvalue weighted by molar-refractivity contribution is 0.691. The summed E-state index contributed by atoms with van der Waals surface area (Å²) in [7, 11) is 0. The van der Waals surface area contributed by atoms with Crippen LogP contribution in [-0.2, 0) is 13.1 Å². The third kappa shape index (κ3) is 3.17. The zero-order chi connectivity index (χ0) is 14.5. The van der Waals surface area contributed by atoms with E-state index < -0.39 is 0 Å². The number of benzene rings is 1. The smallest absolute Gasteiger partial charge is 0.0695 e. The Morgan fingerprint density at radius 3 is 2.62 bits per heavy atom. The fourth-order valence-electron chi connectivity index (χ4n) is 2.33. The third-order valence-corrected chi connectivity index (χ3v) is 3.55. The molecule has 3 aromatic rings. The van der Waals surface area contributed by atoms with Crippen LogP contribution in [0.4, 0.5) is 0 Å². The van der Waals surface area contributed by atoms with Crippen LogP contribution in [0.25, 0.3) is 11.3 Å². The molecule has 0 amide bonds. The Balaban J connectivity index is 1.67. The second kappa shape index (κ2) is 6.33. The first-order valence-corrected chi connectivity index (χ1v) is 7.02. The molecule has 1 aromatic carbocycles. The summed E-state index contributed by atoms with van der Waals surface area (Å²) >= 11 is 0. The van der Waals surface area contributed by atoms with Crippen LogP contribution in [0.3, 0.4) is 0 Å². The van der Waals surface area contributed by atoms with E-state index in [1.165, 1.54) is 16.7 Å². The molecule has 2 heterocycles. The Hall–Kier alpha value is -2.46. The van der Waals surface area contributed by atoms with Gasteiger partial charge in [-0.15, -0.1) is 0 Å². The highest BCUT2D eigenvalue weighted by Gasteiger charge is 2.07. The normalized spacial score (nSPS) is 10.7. The summed E-state index contributed by atoms with van der Waals surface area (Å²) in [6.45, 7) is 3.69. The first-order chi connectivity index (χ1) is 10.3. The average molecular weight is 278 g/mol. The number of aromatic amines is 1. The minimum absolute atomic E-state index is 0.780.